The first kappa shape index (κ1) is 12.4. The van der Waals surface area contributed by atoms with Gasteiger partial charge in [0.15, 0.2) is 0 Å². The fraction of sp³-hybridized carbons (Fsp3) is 0.455. The van der Waals surface area contributed by atoms with Crippen molar-refractivity contribution in [3.05, 3.63) is 34.3 Å². The highest BCUT2D eigenvalue weighted by molar-refractivity contribution is 6.31. The number of aryl methyl sites for hydroxylation is 1. The van der Waals surface area contributed by atoms with E-state index in [2.05, 4.69) is 0 Å². The van der Waals surface area contributed by atoms with Gasteiger partial charge in [-0.2, -0.15) is 0 Å². The number of hydrogen-bond acceptors (Lipinski definition) is 0. The summed E-state index contributed by atoms with van der Waals surface area (Å²) in [5.41, 5.74) is 1.62. The molecule has 1 atom stereocenters. The van der Waals surface area contributed by atoms with Crippen LogP contribution in [0.4, 0.5) is 4.39 Å². The predicted octanol–water partition coefficient (Wildman–Crippen LogP) is 4.71. The molecule has 0 aliphatic rings. The van der Waals surface area contributed by atoms with Gasteiger partial charge in [0.25, 0.3) is 0 Å². The zero-order valence-electron chi connectivity index (χ0n) is 8.57. The molecule has 1 aromatic carbocycles. The number of hydrogen-bond donors (Lipinski definition) is 0. The molecule has 0 aliphatic carbocycles. The fourth-order valence-electron chi connectivity index (χ4n) is 0.857. The molecule has 0 radical (unpaired) electrons. The minimum atomic E-state index is -0.937. The first-order valence-corrected chi connectivity index (χ1v) is 4.89. The summed E-state index contributed by atoms with van der Waals surface area (Å²) in [5, 5.41) is 0.631. The SMILES string of the molecule is CC.Cc1ccc(C(C)F)cc1Cl. The van der Waals surface area contributed by atoms with Crippen molar-refractivity contribution < 1.29 is 4.39 Å². The number of halogens is 2. The van der Waals surface area contributed by atoms with Crippen LogP contribution in [0.25, 0.3) is 0 Å². The molecular weight excluding hydrogens is 187 g/mol. The highest BCUT2D eigenvalue weighted by Gasteiger charge is 2.03. The van der Waals surface area contributed by atoms with E-state index in [0.29, 0.717) is 10.6 Å². The van der Waals surface area contributed by atoms with Crippen LogP contribution in [0.1, 0.15) is 38.1 Å². The third kappa shape index (κ3) is 3.77. The summed E-state index contributed by atoms with van der Waals surface area (Å²) in [4.78, 5) is 0. The first-order chi connectivity index (χ1) is 6.11. The summed E-state index contributed by atoms with van der Waals surface area (Å²) >= 11 is 5.79. The first-order valence-electron chi connectivity index (χ1n) is 4.51. The van der Waals surface area contributed by atoms with Gasteiger partial charge in [-0.05, 0) is 31.0 Å². The smallest absolute Gasteiger partial charge is 0.122 e. The third-order valence-corrected chi connectivity index (χ3v) is 2.06. The Morgan fingerprint density at radius 1 is 1.31 bits per heavy atom. The summed E-state index contributed by atoms with van der Waals surface area (Å²) < 4.78 is 12.7. The number of benzene rings is 1. The zero-order chi connectivity index (χ0) is 10.4. The molecule has 0 spiro atoms. The van der Waals surface area contributed by atoms with Crippen LogP contribution in [0.15, 0.2) is 18.2 Å². The van der Waals surface area contributed by atoms with Gasteiger partial charge in [0.05, 0.1) is 0 Å². The quantitative estimate of drug-likeness (QED) is 0.619. The van der Waals surface area contributed by atoms with Gasteiger partial charge < -0.3 is 0 Å². The highest BCUT2D eigenvalue weighted by atomic mass is 35.5. The maximum absolute atomic E-state index is 12.7. The second kappa shape index (κ2) is 5.98. The maximum Gasteiger partial charge on any atom is 0.122 e. The Bertz CT molecular complexity index is 256. The normalized spacial score (nSPS) is 11.5. The molecule has 0 bridgehead atoms. The second-order valence-electron chi connectivity index (χ2n) is 2.62. The molecule has 0 nitrogen and oxygen atoms in total. The van der Waals surface area contributed by atoms with Crippen LogP contribution < -0.4 is 0 Å². The molecule has 2 heteroatoms. The molecule has 1 aromatic rings. The average molecular weight is 203 g/mol. The van der Waals surface area contributed by atoms with Gasteiger partial charge in [0, 0.05) is 5.02 Å². The van der Waals surface area contributed by atoms with Crippen LogP contribution in [0, 0.1) is 6.92 Å². The van der Waals surface area contributed by atoms with E-state index in [1.165, 1.54) is 6.92 Å². The maximum atomic E-state index is 12.7. The van der Waals surface area contributed by atoms with Gasteiger partial charge >= 0.3 is 0 Å². The lowest BCUT2D eigenvalue weighted by Gasteiger charge is -2.03. The van der Waals surface area contributed by atoms with E-state index in [-0.39, 0.29) is 0 Å². The summed E-state index contributed by atoms with van der Waals surface area (Å²) in [6, 6.07) is 5.25. The van der Waals surface area contributed by atoms with Crippen LogP contribution in [-0.4, -0.2) is 0 Å². The Labute approximate surface area is 84.7 Å². The lowest BCUT2D eigenvalue weighted by molar-refractivity contribution is 0.374. The summed E-state index contributed by atoms with van der Waals surface area (Å²) in [6.07, 6.45) is -0.937. The predicted molar refractivity (Wildman–Crippen MR) is 57.1 cm³/mol. The fourth-order valence-corrected chi connectivity index (χ4v) is 1.05. The van der Waals surface area contributed by atoms with E-state index in [9.17, 15) is 4.39 Å². The van der Waals surface area contributed by atoms with Crippen molar-refractivity contribution in [3.63, 3.8) is 0 Å². The Hall–Kier alpha value is -0.560. The largest absolute Gasteiger partial charge is 0.243 e. The summed E-state index contributed by atoms with van der Waals surface area (Å²) in [7, 11) is 0. The number of rotatable bonds is 1. The van der Waals surface area contributed by atoms with E-state index >= 15 is 0 Å². The van der Waals surface area contributed by atoms with Crippen molar-refractivity contribution in [2.24, 2.45) is 0 Å². The third-order valence-electron chi connectivity index (χ3n) is 1.66. The van der Waals surface area contributed by atoms with Crippen molar-refractivity contribution in [1.82, 2.24) is 0 Å². The van der Waals surface area contributed by atoms with Crippen molar-refractivity contribution in [1.29, 1.82) is 0 Å². The van der Waals surface area contributed by atoms with Crippen molar-refractivity contribution in [2.45, 2.75) is 33.9 Å². The topological polar surface area (TPSA) is 0 Å². The van der Waals surface area contributed by atoms with E-state index in [4.69, 9.17) is 11.6 Å². The lowest BCUT2D eigenvalue weighted by Crippen LogP contribution is -1.85. The molecule has 0 amide bonds. The molecule has 0 aliphatic heterocycles. The molecule has 1 unspecified atom stereocenters. The molecule has 0 heterocycles. The molecule has 0 fully saturated rings. The highest BCUT2D eigenvalue weighted by Crippen LogP contribution is 2.22. The van der Waals surface area contributed by atoms with Crippen LogP contribution in [0.2, 0.25) is 5.02 Å². The number of alkyl halides is 1. The molecule has 13 heavy (non-hydrogen) atoms. The average Bonchev–Trinajstić information content (AvgIpc) is 2.13. The minimum absolute atomic E-state index is 0.631. The van der Waals surface area contributed by atoms with Crippen LogP contribution in [-0.2, 0) is 0 Å². The van der Waals surface area contributed by atoms with Crippen LogP contribution in [0.3, 0.4) is 0 Å². The van der Waals surface area contributed by atoms with Crippen LogP contribution >= 0.6 is 11.6 Å². The Morgan fingerprint density at radius 2 is 1.85 bits per heavy atom. The molecule has 0 aromatic heterocycles. The van der Waals surface area contributed by atoms with Crippen molar-refractivity contribution in [3.8, 4) is 0 Å². The summed E-state index contributed by atoms with van der Waals surface area (Å²) in [6.45, 7) is 7.40. The standard InChI is InChI=1S/C9H10ClF.C2H6/c1-6-3-4-8(7(2)11)5-9(6)10;1-2/h3-5,7H,1-2H3;1-2H3. The molecule has 74 valence electrons. The molecule has 0 saturated carbocycles. The molecule has 0 N–H and O–H groups in total. The van der Waals surface area contributed by atoms with Gasteiger partial charge in [-0.25, -0.2) is 4.39 Å². The van der Waals surface area contributed by atoms with E-state index < -0.39 is 6.17 Å². The van der Waals surface area contributed by atoms with Crippen molar-refractivity contribution >= 4 is 11.6 Å². The van der Waals surface area contributed by atoms with Gasteiger partial charge in [0.2, 0.25) is 0 Å². The zero-order valence-corrected chi connectivity index (χ0v) is 9.32. The van der Waals surface area contributed by atoms with Gasteiger partial charge in [-0.1, -0.05) is 37.6 Å². The second-order valence-corrected chi connectivity index (χ2v) is 3.03. The van der Waals surface area contributed by atoms with E-state index in [1.54, 1.807) is 12.1 Å². The van der Waals surface area contributed by atoms with Crippen molar-refractivity contribution in [2.75, 3.05) is 0 Å². The Morgan fingerprint density at radius 3 is 2.23 bits per heavy atom. The lowest BCUT2D eigenvalue weighted by atomic mass is 10.1. The van der Waals surface area contributed by atoms with Gasteiger partial charge in [0.1, 0.15) is 6.17 Å². The molecule has 1 rings (SSSR count). The van der Waals surface area contributed by atoms with E-state index in [1.807, 2.05) is 26.8 Å². The van der Waals surface area contributed by atoms with E-state index in [0.717, 1.165) is 5.56 Å². The minimum Gasteiger partial charge on any atom is -0.243 e. The summed E-state index contributed by atoms with van der Waals surface area (Å²) in [5.74, 6) is 0. The molecule has 0 saturated heterocycles. The Kier molecular flexibility index (Phi) is 5.72. The van der Waals surface area contributed by atoms with Gasteiger partial charge in [-0.3, -0.25) is 0 Å². The van der Waals surface area contributed by atoms with Crippen LogP contribution in [0.5, 0.6) is 0 Å². The Balaban J connectivity index is 0.000000671. The monoisotopic (exact) mass is 202 g/mol. The molecular formula is C11H16ClF. The van der Waals surface area contributed by atoms with Gasteiger partial charge in [-0.15, -0.1) is 0 Å².